The van der Waals surface area contributed by atoms with Gasteiger partial charge in [-0.15, -0.1) is 35.3 Å². The van der Waals surface area contributed by atoms with E-state index in [-0.39, 0.29) is 24.0 Å². The van der Waals surface area contributed by atoms with Crippen LogP contribution in [0.5, 0.6) is 0 Å². The van der Waals surface area contributed by atoms with Gasteiger partial charge in [-0.05, 0) is 55.6 Å². The number of halogens is 1. The number of likely N-dealkylation sites (tertiary alicyclic amines) is 1. The van der Waals surface area contributed by atoms with Crippen LogP contribution in [0.2, 0.25) is 0 Å². The zero-order valence-electron chi connectivity index (χ0n) is 15.3. The van der Waals surface area contributed by atoms with Gasteiger partial charge in [0.1, 0.15) is 0 Å². The summed E-state index contributed by atoms with van der Waals surface area (Å²) in [5.74, 6) is 2.44. The van der Waals surface area contributed by atoms with Gasteiger partial charge in [0.25, 0.3) is 0 Å². The third-order valence-electron chi connectivity index (χ3n) is 4.46. The number of nitrogens with zero attached hydrogens (tertiary/aromatic N) is 2. The lowest BCUT2D eigenvalue weighted by atomic mass is 9.97. The lowest BCUT2D eigenvalue weighted by molar-refractivity contribution is 0.179. The van der Waals surface area contributed by atoms with Crippen molar-refractivity contribution in [2.75, 3.05) is 33.2 Å². The average Bonchev–Trinajstić information content (AvgIpc) is 3.05. The van der Waals surface area contributed by atoms with Gasteiger partial charge in [0.05, 0.1) is 0 Å². The molecule has 1 fully saturated rings. The quantitative estimate of drug-likeness (QED) is 0.367. The highest BCUT2D eigenvalue weighted by Crippen LogP contribution is 2.20. The molecule has 0 aromatic carbocycles. The van der Waals surface area contributed by atoms with E-state index in [0.717, 1.165) is 37.4 Å². The van der Waals surface area contributed by atoms with Crippen LogP contribution in [-0.4, -0.2) is 44.1 Å². The smallest absolute Gasteiger partial charge is 0.190 e. The molecule has 0 radical (unpaired) electrons. The highest BCUT2D eigenvalue weighted by atomic mass is 127. The largest absolute Gasteiger partial charge is 0.356 e. The van der Waals surface area contributed by atoms with Gasteiger partial charge in [0.2, 0.25) is 0 Å². The first kappa shape index (κ1) is 21.7. The van der Waals surface area contributed by atoms with Gasteiger partial charge >= 0.3 is 0 Å². The molecule has 1 aliphatic rings. The highest BCUT2D eigenvalue weighted by Gasteiger charge is 2.19. The minimum absolute atomic E-state index is 0. The van der Waals surface area contributed by atoms with Gasteiger partial charge in [0, 0.05) is 31.6 Å². The fourth-order valence-electron chi connectivity index (χ4n) is 2.91. The number of hydrogen-bond acceptors (Lipinski definition) is 3. The van der Waals surface area contributed by atoms with Crippen LogP contribution < -0.4 is 10.6 Å². The number of nitrogens with one attached hydrogen (secondary N) is 2. The Hall–Kier alpha value is -0.340. The number of rotatable bonds is 7. The predicted octanol–water partition coefficient (Wildman–Crippen LogP) is 3.79. The van der Waals surface area contributed by atoms with Crippen LogP contribution in [0.25, 0.3) is 0 Å². The lowest BCUT2D eigenvalue weighted by Crippen LogP contribution is -2.43. The molecule has 0 atom stereocenters. The maximum atomic E-state index is 4.32. The molecule has 1 aromatic heterocycles. The van der Waals surface area contributed by atoms with Crippen molar-refractivity contribution in [1.82, 2.24) is 15.5 Å². The van der Waals surface area contributed by atoms with Crippen molar-refractivity contribution in [3.05, 3.63) is 22.4 Å². The van der Waals surface area contributed by atoms with Crippen LogP contribution in [-0.2, 0) is 6.54 Å². The van der Waals surface area contributed by atoms with Crippen molar-refractivity contribution in [2.24, 2.45) is 16.8 Å². The molecule has 0 unspecified atom stereocenters. The van der Waals surface area contributed by atoms with E-state index in [1.54, 1.807) is 0 Å². The third kappa shape index (κ3) is 8.16. The second-order valence-electron chi connectivity index (χ2n) is 6.86. The summed E-state index contributed by atoms with van der Waals surface area (Å²) in [7, 11) is 1.86. The molecule has 138 valence electrons. The summed E-state index contributed by atoms with van der Waals surface area (Å²) in [6.07, 6.45) is 3.74. The second-order valence-corrected chi connectivity index (χ2v) is 7.89. The van der Waals surface area contributed by atoms with Crippen molar-refractivity contribution in [3.63, 3.8) is 0 Å². The molecule has 2 heterocycles. The van der Waals surface area contributed by atoms with Gasteiger partial charge in [-0.3, -0.25) is 9.89 Å². The molecule has 0 amide bonds. The van der Waals surface area contributed by atoms with Gasteiger partial charge in [-0.25, -0.2) is 0 Å². The van der Waals surface area contributed by atoms with Gasteiger partial charge in [-0.1, -0.05) is 19.9 Å². The van der Waals surface area contributed by atoms with E-state index in [2.05, 4.69) is 51.9 Å². The molecule has 1 aliphatic heterocycles. The van der Waals surface area contributed by atoms with Crippen molar-refractivity contribution in [3.8, 4) is 0 Å². The van der Waals surface area contributed by atoms with Gasteiger partial charge in [0.15, 0.2) is 5.96 Å². The van der Waals surface area contributed by atoms with Crippen LogP contribution in [0.3, 0.4) is 0 Å². The summed E-state index contributed by atoms with van der Waals surface area (Å²) < 4.78 is 0. The number of thiophene rings is 1. The molecular weight excluding hydrogens is 431 g/mol. The molecule has 0 aliphatic carbocycles. The SMILES string of the molecule is CN=C(NCCC(C)C)NCC1CCN(Cc2cccs2)CC1.I. The summed E-state index contributed by atoms with van der Waals surface area (Å²) in [5.41, 5.74) is 0. The topological polar surface area (TPSA) is 39.7 Å². The van der Waals surface area contributed by atoms with Crippen molar-refractivity contribution in [1.29, 1.82) is 0 Å². The molecule has 2 N–H and O–H groups in total. The standard InChI is InChI=1S/C18H32N4S.HI/c1-15(2)6-9-20-18(19-3)21-13-16-7-10-22(11-8-16)14-17-5-4-12-23-17;/h4-5,12,15-16H,6-11,13-14H2,1-3H3,(H2,19,20,21);1H. The molecule has 24 heavy (non-hydrogen) atoms. The first-order valence-electron chi connectivity index (χ1n) is 8.86. The molecule has 4 nitrogen and oxygen atoms in total. The average molecular weight is 464 g/mol. The zero-order chi connectivity index (χ0) is 16.5. The van der Waals surface area contributed by atoms with Crippen LogP contribution in [0.15, 0.2) is 22.5 Å². The molecule has 0 spiro atoms. The minimum atomic E-state index is 0. The zero-order valence-corrected chi connectivity index (χ0v) is 18.4. The first-order valence-corrected chi connectivity index (χ1v) is 9.74. The third-order valence-corrected chi connectivity index (χ3v) is 5.32. The lowest BCUT2D eigenvalue weighted by Gasteiger charge is -2.32. The van der Waals surface area contributed by atoms with E-state index in [1.165, 1.54) is 37.2 Å². The number of aliphatic imine (C=N–C) groups is 1. The Morgan fingerprint density at radius 3 is 2.67 bits per heavy atom. The van der Waals surface area contributed by atoms with Gasteiger partial charge in [-0.2, -0.15) is 0 Å². The molecule has 6 heteroatoms. The Labute approximate surface area is 168 Å². The number of hydrogen-bond donors (Lipinski definition) is 2. The Morgan fingerprint density at radius 1 is 1.33 bits per heavy atom. The molecule has 2 rings (SSSR count). The normalized spacial score (nSPS) is 16.9. The maximum Gasteiger partial charge on any atom is 0.190 e. The van der Waals surface area contributed by atoms with Crippen molar-refractivity contribution >= 4 is 41.3 Å². The Balaban J connectivity index is 0.00000288. The van der Waals surface area contributed by atoms with Crippen molar-refractivity contribution in [2.45, 2.75) is 39.7 Å². The van der Waals surface area contributed by atoms with Crippen LogP contribution in [0, 0.1) is 11.8 Å². The number of piperidine rings is 1. The molecule has 0 saturated carbocycles. The van der Waals surface area contributed by atoms with Crippen molar-refractivity contribution < 1.29 is 0 Å². The van der Waals surface area contributed by atoms with E-state index in [4.69, 9.17) is 0 Å². The first-order chi connectivity index (χ1) is 11.2. The van der Waals surface area contributed by atoms with E-state index >= 15 is 0 Å². The van der Waals surface area contributed by atoms with E-state index in [1.807, 2.05) is 18.4 Å². The van der Waals surface area contributed by atoms with Crippen LogP contribution >= 0.6 is 35.3 Å². The second kappa shape index (κ2) is 12.1. The van der Waals surface area contributed by atoms with Crippen LogP contribution in [0.1, 0.15) is 38.0 Å². The fraction of sp³-hybridized carbons (Fsp3) is 0.722. The molecular formula is C18H33IN4S. The van der Waals surface area contributed by atoms with E-state index in [0.29, 0.717) is 0 Å². The van der Waals surface area contributed by atoms with E-state index < -0.39 is 0 Å². The Kier molecular flexibility index (Phi) is 10.9. The Bertz CT molecular complexity index is 454. The van der Waals surface area contributed by atoms with Gasteiger partial charge < -0.3 is 10.6 Å². The molecule has 1 saturated heterocycles. The summed E-state index contributed by atoms with van der Waals surface area (Å²) in [5, 5.41) is 9.07. The minimum Gasteiger partial charge on any atom is -0.356 e. The molecule has 1 aromatic rings. The summed E-state index contributed by atoms with van der Waals surface area (Å²) in [6.45, 7) is 10.1. The fourth-order valence-corrected chi connectivity index (χ4v) is 3.66. The van der Waals surface area contributed by atoms with Crippen LogP contribution in [0.4, 0.5) is 0 Å². The maximum absolute atomic E-state index is 4.32. The predicted molar refractivity (Wildman–Crippen MR) is 117 cm³/mol. The Morgan fingerprint density at radius 2 is 2.08 bits per heavy atom. The molecule has 0 bridgehead atoms. The highest BCUT2D eigenvalue weighted by molar-refractivity contribution is 14.0. The summed E-state index contributed by atoms with van der Waals surface area (Å²) in [6, 6.07) is 4.39. The summed E-state index contributed by atoms with van der Waals surface area (Å²) >= 11 is 1.87. The number of guanidine groups is 1. The monoisotopic (exact) mass is 464 g/mol. The van der Waals surface area contributed by atoms with E-state index in [9.17, 15) is 0 Å². The summed E-state index contributed by atoms with van der Waals surface area (Å²) in [4.78, 5) is 8.38.